The van der Waals surface area contributed by atoms with Gasteiger partial charge in [0.1, 0.15) is 6.33 Å². The maximum Gasteiger partial charge on any atom is 0.257 e. The van der Waals surface area contributed by atoms with E-state index in [4.69, 9.17) is 0 Å². The van der Waals surface area contributed by atoms with Crippen molar-refractivity contribution in [1.82, 2.24) is 24.1 Å². The summed E-state index contributed by atoms with van der Waals surface area (Å²) in [5, 5.41) is 4.37. The fourth-order valence-electron chi connectivity index (χ4n) is 2.86. The fraction of sp³-hybridized carbons (Fsp3) is 0.615. The van der Waals surface area contributed by atoms with Crippen molar-refractivity contribution in [1.29, 1.82) is 0 Å². The highest BCUT2D eigenvalue weighted by atomic mass is 127. The average molecular weight is 373 g/mol. The third-order valence-corrected chi connectivity index (χ3v) is 4.46. The van der Waals surface area contributed by atoms with E-state index in [1.54, 1.807) is 6.33 Å². The van der Waals surface area contributed by atoms with Crippen LogP contribution in [-0.2, 0) is 6.42 Å². The van der Waals surface area contributed by atoms with Gasteiger partial charge in [-0.2, -0.15) is 4.98 Å². The van der Waals surface area contributed by atoms with E-state index in [9.17, 15) is 0 Å². The van der Waals surface area contributed by atoms with Crippen molar-refractivity contribution >= 4 is 11.6 Å². The van der Waals surface area contributed by atoms with E-state index in [2.05, 4.69) is 49.8 Å². The van der Waals surface area contributed by atoms with Gasteiger partial charge in [-0.15, -0.1) is 9.61 Å². The molecule has 0 aromatic carbocycles. The molecule has 0 aliphatic carbocycles. The average Bonchev–Trinajstić information content (AvgIpc) is 2.82. The topological polar surface area (TPSA) is 43.1 Å². The predicted molar refractivity (Wildman–Crippen MR) is 71.6 cm³/mol. The van der Waals surface area contributed by atoms with E-state index in [0.29, 0.717) is 5.78 Å². The highest BCUT2D eigenvalue weighted by molar-refractivity contribution is 5.56. The van der Waals surface area contributed by atoms with E-state index >= 15 is 0 Å². The maximum absolute atomic E-state index is 4.53. The lowest BCUT2D eigenvalue weighted by Gasteiger charge is -2.41. The molecule has 3 heterocycles. The normalized spacial score (nSPS) is 22.4. The van der Waals surface area contributed by atoms with E-state index in [1.165, 1.54) is 11.4 Å². The van der Waals surface area contributed by atoms with Crippen LogP contribution >= 0.6 is 0 Å². The Morgan fingerprint density at radius 3 is 2.63 bits per heavy atom. The third kappa shape index (κ3) is 1.87. The molecule has 2 aromatic rings. The molecule has 5 nitrogen and oxygen atoms in total. The minimum atomic E-state index is 0. The first kappa shape index (κ1) is 14.6. The molecule has 6 heteroatoms. The third-order valence-electron chi connectivity index (χ3n) is 4.46. The highest BCUT2D eigenvalue weighted by Crippen LogP contribution is 2.40. The largest absolute Gasteiger partial charge is 1.00 e. The molecule has 0 radical (unpaired) electrons. The summed E-state index contributed by atoms with van der Waals surface area (Å²) in [6, 6.07) is 0. The summed E-state index contributed by atoms with van der Waals surface area (Å²) in [6.07, 6.45) is 2.66. The summed E-state index contributed by atoms with van der Waals surface area (Å²) in [7, 11) is 2.28. The second-order valence-electron chi connectivity index (χ2n) is 6.31. The van der Waals surface area contributed by atoms with Crippen molar-refractivity contribution in [3.8, 4) is 0 Å². The molecule has 0 N–H and O–H groups in total. The smallest absolute Gasteiger partial charge is 0.257 e. The van der Waals surface area contributed by atoms with E-state index in [0.717, 1.165) is 23.1 Å². The Morgan fingerprint density at radius 2 is 2.00 bits per heavy atom. The second kappa shape index (κ2) is 4.37. The highest BCUT2D eigenvalue weighted by Gasteiger charge is 2.47. The minimum Gasteiger partial charge on any atom is -1.00 e. The number of fused-ring (bicyclic) bond motifs is 3. The first-order valence-corrected chi connectivity index (χ1v) is 6.40. The monoisotopic (exact) mass is 373 g/mol. The zero-order chi connectivity index (χ0) is 13.1. The quantitative estimate of drug-likeness (QED) is 0.427. The fourth-order valence-corrected chi connectivity index (χ4v) is 2.86. The van der Waals surface area contributed by atoms with Gasteiger partial charge < -0.3 is 24.0 Å². The lowest BCUT2D eigenvalue weighted by Crippen LogP contribution is -3.00. The zero-order valence-electron chi connectivity index (χ0n) is 12.1. The predicted octanol–water partition coefficient (Wildman–Crippen LogP) is -1.27. The molecule has 0 fully saturated rings. The van der Waals surface area contributed by atoms with Gasteiger partial charge in [-0.3, -0.25) is 4.48 Å². The van der Waals surface area contributed by atoms with Crippen LogP contribution in [0.25, 0.3) is 5.78 Å². The van der Waals surface area contributed by atoms with Gasteiger partial charge in [-0.05, 0) is 27.7 Å². The Bertz CT molecular complexity index is 628. The van der Waals surface area contributed by atoms with Crippen molar-refractivity contribution in [3.63, 3.8) is 0 Å². The number of aryl methyl sites for hydroxylation is 1. The van der Waals surface area contributed by atoms with Gasteiger partial charge in [-0.1, -0.05) is 0 Å². The second-order valence-corrected chi connectivity index (χ2v) is 6.31. The van der Waals surface area contributed by atoms with Gasteiger partial charge >= 0.3 is 0 Å². The van der Waals surface area contributed by atoms with Crippen LogP contribution in [0.4, 0.5) is 5.82 Å². The van der Waals surface area contributed by atoms with Crippen LogP contribution in [0.5, 0.6) is 0 Å². The van der Waals surface area contributed by atoms with Gasteiger partial charge in [0.15, 0.2) is 0 Å². The Labute approximate surface area is 130 Å². The molecule has 0 bridgehead atoms. The van der Waals surface area contributed by atoms with Crippen molar-refractivity contribution < 1.29 is 24.0 Å². The summed E-state index contributed by atoms with van der Waals surface area (Å²) >= 11 is 0. The molecule has 1 aliphatic rings. The summed E-state index contributed by atoms with van der Waals surface area (Å²) in [4.78, 5) is 8.77. The number of hydrogen-bond donors (Lipinski definition) is 0. The van der Waals surface area contributed by atoms with E-state index in [1.807, 2.05) is 4.52 Å². The van der Waals surface area contributed by atoms with Crippen LogP contribution in [0.3, 0.4) is 0 Å². The Kier molecular flexibility index (Phi) is 3.37. The van der Waals surface area contributed by atoms with Crippen LogP contribution in [0.2, 0.25) is 0 Å². The molecular weight excluding hydrogens is 353 g/mol. The summed E-state index contributed by atoms with van der Waals surface area (Å²) in [5.41, 5.74) is 2.57. The van der Waals surface area contributed by atoms with Crippen LogP contribution in [0, 0.1) is 6.92 Å². The van der Waals surface area contributed by atoms with Crippen LogP contribution in [0.15, 0.2) is 6.33 Å². The molecule has 1 unspecified atom stereocenters. The summed E-state index contributed by atoms with van der Waals surface area (Å²) < 4.78 is 2.80. The molecule has 1 atom stereocenters. The first-order chi connectivity index (χ1) is 8.34. The van der Waals surface area contributed by atoms with E-state index in [-0.39, 0.29) is 29.5 Å². The van der Waals surface area contributed by atoms with Crippen molar-refractivity contribution in [2.75, 3.05) is 13.6 Å². The lowest BCUT2D eigenvalue weighted by molar-refractivity contribution is -0.00000464. The summed E-state index contributed by atoms with van der Waals surface area (Å²) in [5.74, 6) is 1.96. The number of quaternary nitrogens is 1. The van der Waals surface area contributed by atoms with Crippen LogP contribution < -0.4 is 28.5 Å². The summed E-state index contributed by atoms with van der Waals surface area (Å²) in [6.45, 7) is 10.0. The molecule has 3 rings (SSSR count). The molecule has 0 saturated heterocycles. The molecule has 104 valence electrons. The Morgan fingerprint density at radius 1 is 1.32 bits per heavy atom. The molecule has 0 spiro atoms. The molecule has 0 saturated carbocycles. The Balaban J connectivity index is 0.00000133. The number of hydrogen-bond acceptors (Lipinski definition) is 3. The molecular formula is C13H20IN5. The van der Waals surface area contributed by atoms with Gasteiger partial charge in [0.25, 0.3) is 5.78 Å². The van der Waals surface area contributed by atoms with Gasteiger partial charge in [0.2, 0.25) is 5.82 Å². The van der Waals surface area contributed by atoms with Gasteiger partial charge in [0.05, 0.1) is 30.4 Å². The number of aromatic nitrogens is 4. The number of likely N-dealkylation sites (N-methyl/N-ethyl adjacent to an activating group) is 1. The lowest BCUT2D eigenvalue weighted by atomic mass is 10.0. The van der Waals surface area contributed by atoms with Crippen LogP contribution in [-0.4, -0.2) is 38.7 Å². The molecule has 1 aliphatic heterocycles. The van der Waals surface area contributed by atoms with Crippen molar-refractivity contribution in [2.45, 2.75) is 39.7 Å². The van der Waals surface area contributed by atoms with Gasteiger partial charge in [0, 0.05) is 6.42 Å². The minimum absolute atomic E-state index is 0. The van der Waals surface area contributed by atoms with Crippen molar-refractivity contribution in [3.05, 3.63) is 17.6 Å². The van der Waals surface area contributed by atoms with E-state index < -0.39 is 0 Å². The number of rotatable bonds is 0. The first-order valence-electron chi connectivity index (χ1n) is 6.40. The molecule has 0 amide bonds. The Hall–Kier alpha value is -0.760. The maximum atomic E-state index is 4.53. The van der Waals surface area contributed by atoms with Crippen LogP contribution in [0.1, 0.15) is 32.0 Å². The molecule has 19 heavy (non-hydrogen) atoms. The SMILES string of the molecule is Cc1nc2ncnn2c2c1CC[N+]2(C)C(C)(C)C.[I-]. The standard InChI is InChI=1S/C13H20N5.HI/c1-9-10-6-7-18(5,13(2,3)4)11(10)17-12(16-9)14-8-15-17;/h8H,6-7H2,1-5H3;1H/q+1;/p-1. The molecule has 2 aromatic heterocycles. The number of halogens is 1. The zero-order valence-corrected chi connectivity index (χ0v) is 14.3. The van der Waals surface area contributed by atoms with Gasteiger partial charge in [-0.25, -0.2) is 4.98 Å². The van der Waals surface area contributed by atoms with Crippen molar-refractivity contribution in [2.24, 2.45) is 0 Å². The number of nitrogens with zero attached hydrogens (tertiary/aromatic N) is 5.